The zero-order valence-electron chi connectivity index (χ0n) is 14.3. The highest BCUT2D eigenvalue weighted by atomic mass is 35.5. The van der Waals surface area contributed by atoms with Gasteiger partial charge >= 0.3 is 0 Å². The average molecular weight is 358 g/mol. The molecule has 0 radical (unpaired) electrons. The fourth-order valence-corrected chi connectivity index (χ4v) is 2.85. The molecule has 2 aromatic heterocycles. The van der Waals surface area contributed by atoms with E-state index < -0.39 is 0 Å². The molecule has 1 aromatic carbocycles. The van der Waals surface area contributed by atoms with Crippen molar-refractivity contribution in [3.8, 4) is 5.75 Å². The number of carbonyl (C=O) groups is 1. The molecule has 0 aliphatic carbocycles. The quantitative estimate of drug-likeness (QED) is 0.728. The number of benzene rings is 1. The summed E-state index contributed by atoms with van der Waals surface area (Å²) in [7, 11) is 0. The number of nitrogens with one attached hydrogen (secondary N) is 1. The van der Waals surface area contributed by atoms with Gasteiger partial charge in [0.25, 0.3) is 5.91 Å². The molecule has 5 nitrogen and oxygen atoms in total. The van der Waals surface area contributed by atoms with Crippen molar-refractivity contribution in [3.63, 3.8) is 0 Å². The first-order chi connectivity index (χ1) is 12.1. The summed E-state index contributed by atoms with van der Waals surface area (Å²) in [5.41, 5.74) is 3.01. The molecule has 0 saturated heterocycles. The molecule has 0 aliphatic rings. The van der Waals surface area contributed by atoms with Crippen LogP contribution in [0.3, 0.4) is 0 Å². The number of hydrogen-bond donors (Lipinski definition) is 1. The Morgan fingerprint density at radius 3 is 2.64 bits per heavy atom. The summed E-state index contributed by atoms with van der Waals surface area (Å²) >= 11 is 6.07. The van der Waals surface area contributed by atoms with Crippen molar-refractivity contribution < 1.29 is 9.53 Å². The van der Waals surface area contributed by atoms with Gasteiger partial charge in [-0.3, -0.25) is 9.20 Å². The summed E-state index contributed by atoms with van der Waals surface area (Å²) in [5.74, 6) is 0.655. The van der Waals surface area contributed by atoms with Gasteiger partial charge in [0.1, 0.15) is 17.1 Å². The molecule has 3 aromatic rings. The number of aryl methyl sites for hydroxylation is 1. The fourth-order valence-electron chi connectivity index (χ4n) is 2.69. The Hall–Kier alpha value is -2.53. The molecule has 6 heteroatoms. The van der Waals surface area contributed by atoms with Crippen molar-refractivity contribution in [2.45, 2.75) is 26.8 Å². The van der Waals surface area contributed by atoms with E-state index >= 15 is 0 Å². The van der Waals surface area contributed by atoms with E-state index in [1.54, 1.807) is 16.7 Å². The molecule has 1 N–H and O–H groups in total. The molecular weight excluding hydrogens is 338 g/mol. The summed E-state index contributed by atoms with van der Waals surface area (Å²) < 4.78 is 7.17. The smallest absolute Gasteiger partial charge is 0.270 e. The van der Waals surface area contributed by atoms with E-state index in [0.29, 0.717) is 35.9 Å². The third-order valence-corrected chi connectivity index (χ3v) is 4.12. The Labute approximate surface area is 151 Å². The first-order valence-corrected chi connectivity index (χ1v) is 8.66. The lowest BCUT2D eigenvalue weighted by atomic mass is 10.2. The molecule has 0 unspecified atom stereocenters. The highest BCUT2D eigenvalue weighted by Crippen LogP contribution is 2.18. The predicted molar refractivity (Wildman–Crippen MR) is 98.4 cm³/mol. The number of nitrogens with zero attached hydrogens (tertiary/aromatic N) is 2. The van der Waals surface area contributed by atoms with Crippen LogP contribution in [0.25, 0.3) is 5.65 Å². The number of halogens is 1. The first-order valence-electron chi connectivity index (χ1n) is 8.28. The van der Waals surface area contributed by atoms with Gasteiger partial charge in [-0.25, -0.2) is 4.98 Å². The minimum Gasteiger partial charge on any atom is -0.494 e. The maximum Gasteiger partial charge on any atom is 0.270 e. The van der Waals surface area contributed by atoms with Gasteiger partial charge in [0.2, 0.25) is 0 Å². The van der Waals surface area contributed by atoms with E-state index in [1.807, 2.05) is 44.2 Å². The van der Waals surface area contributed by atoms with Crippen molar-refractivity contribution in [2.75, 3.05) is 6.61 Å². The van der Waals surface area contributed by atoms with Crippen molar-refractivity contribution in [2.24, 2.45) is 0 Å². The van der Waals surface area contributed by atoms with E-state index in [9.17, 15) is 4.79 Å². The standard InChI is InChI=1S/C19H20ClN3O2/c1-3-16-18(23-12-14(20)7-10-17(23)22-16)19(24)21-11-13-5-8-15(9-6-13)25-4-2/h5-10,12H,3-4,11H2,1-2H3,(H,21,24). The largest absolute Gasteiger partial charge is 0.494 e. The van der Waals surface area contributed by atoms with Crippen LogP contribution in [0.15, 0.2) is 42.6 Å². The predicted octanol–water partition coefficient (Wildman–Crippen LogP) is 3.88. The summed E-state index contributed by atoms with van der Waals surface area (Å²) in [6.07, 6.45) is 2.39. The Morgan fingerprint density at radius 2 is 1.96 bits per heavy atom. The van der Waals surface area contributed by atoms with Crippen molar-refractivity contribution in [1.82, 2.24) is 14.7 Å². The average Bonchev–Trinajstić information content (AvgIpc) is 2.99. The number of amides is 1. The number of pyridine rings is 1. The first kappa shape index (κ1) is 17.3. The zero-order valence-corrected chi connectivity index (χ0v) is 15.0. The second-order valence-corrected chi connectivity index (χ2v) is 6.03. The van der Waals surface area contributed by atoms with Crippen LogP contribution < -0.4 is 10.1 Å². The minimum atomic E-state index is -0.166. The molecule has 0 spiro atoms. The fraction of sp³-hybridized carbons (Fsp3) is 0.263. The second-order valence-electron chi connectivity index (χ2n) is 5.60. The maximum atomic E-state index is 12.7. The van der Waals surface area contributed by atoms with E-state index in [1.165, 1.54) is 0 Å². The van der Waals surface area contributed by atoms with Gasteiger partial charge in [-0.15, -0.1) is 0 Å². The Bertz CT molecular complexity index is 888. The maximum absolute atomic E-state index is 12.7. The van der Waals surface area contributed by atoms with Crippen LogP contribution in [-0.2, 0) is 13.0 Å². The molecule has 3 rings (SSSR count). The van der Waals surface area contributed by atoms with Crippen LogP contribution in [0.5, 0.6) is 5.75 Å². The molecule has 0 bridgehead atoms. The van der Waals surface area contributed by atoms with Crippen molar-refractivity contribution >= 4 is 23.2 Å². The molecule has 2 heterocycles. The Kier molecular flexibility index (Phi) is 5.24. The lowest BCUT2D eigenvalue weighted by Gasteiger charge is -2.08. The SMILES string of the molecule is CCOc1ccc(CNC(=O)c2c(CC)nc3ccc(Cl)cn23)cc1. The highest BCUT2D eigenvalue weighted by Gasteiger charge is 2.18. The summed E-state index contributed by atoms with van der Waals surface area (Å²) in [6, 6.07) is 11.3. The van der Waals surface area contributed by atoms with Crippen molar-refractivity contribution in [1.29, 1.82) is 0 Å². The van der Waals surface area contributed by atoms with Gasteiger partial charge in [0.05, 0.1) is 17.3 Å². The molecular formula is C19H20ClN3O2. The third kappa shape index (κ3) is 3.77. The zero-order chi connectivity index (χ0) is 17.8. The van der Waals surface area contributed by atoms with Crippen LogP contribution in [0, 0.1) is 0 Å². The van der Waals surface area contributed by atoms with Crippen LogP contribution in [0.2, 0.25) is 5.02 Å². The Balaban J connectivity index is 1.79. The van der Waals surface area contributed by atoms with Crippen LogP contribution in [0.1, 0.15) is 35.6 Å². The van der Waals surface area contributed by atoms with E-state index in [0.717, 1.165) is 17.0 Å². The number of imidazole rings is 1. The van der Waals surface area contributed by atoms with Crippen molar-refractivity contribution in [3.05, 3.63) is 64.6 Å². The molecule has 0 atom stereocenters. The number of hydrogen-bond acceptors (Lipinski definition) is 3. The number of carbonyl (C=O) groups excluding carboxylic acids is 1. The van der Waals surface area contributed by atoms with Gasteiger partial charge in [0, 0.05) is 12.7 Å². The summed E-state index contributed by atoms with van der Waals surface area (Å²) in [5, 5.41) is 3.52. The number of ether oxygens (including phenoxy) is 1. The second kappa shape index (κ2) is 7.57. The number of rotatable bonds is 6. The van der Waals surface area contributed by atoms with Gasteiger partial charge in [-0.05, 0) is 43.2 Å². The molecule has 0 aliphatic heterocycles. The topological polar surface area (TPSA) is 55.6 Å². The number of aromatic nitrogens is 2. The molecule has 130 valence electrons. The van der Waals surface area contributed by atoms with Gasteiger partial charge < -0.3 is 10.1 Å². The number of fused-ring (bicyclic) bond motifs is 1. The highest BCUT2D eigenvalue weighted by molar-refractivity contribution is 6.30. The van der Waals surface area contributed by atoms with Gasteiger partial charge in [0.15, 0.2) is 0 Å². The van der Waals surface area contributed by atoms with E-state index in [-0.39, 0.29) is 5.91 Å². The van der Waals surface area contributed by atoms with Gasteiger partial charge in [-0.1, -0.05) is 30.7 Å². The molecule has 0 saturated carbocycles. The van der Waals surface area contributed by atoms with E-state index in [4.69, 9.17) is 16.3 Å². The van der Waals surface area contributed by atoms with Crippen LogP contribution in [-0.4, -0.2) is 21.9 Å². The van der Waals surface area contributed by atoms with Crippen LogP contribution in [0.4, 0.5) is 0 Å². The lowest BCUT2D eigenvalue weighted by molar-refractivity contribution is 0.0944. The third-order valence-electron chi connectivity index (χ3n) is 3.89. The molecule has 1 amide bonds. The monoisotopic (exact) mass is 357 g/mol. The minimum absolute atomic E-state index is 0.166. The van der Waals surface area contributed by atoms with E-state index in [2.05, 4.69) is 10.3 Å². The summed E-state index contributed by atoms with van der Waals surface area (Å²) in [6.45, 7) is 4.99. The normalized spacial score (nSPS) is 10.8. The molecule has 0 fully saturated rings. The molecule has 25 heavy (non-hydrogen) atoms. The lowest BCUT2D eigenvalue weighted by Crippen LogP contribution is -2.25. The van der Waals surface area contributed by atoms with Crippen LogP contribution >= 0.6 is 11.6 Å². The van der Waals surface area contributed by atoms with Gasteiger partial charge in [-0.2, -0.15) is 0 Å². The summed E-state index contributed by atoms with van der Waals surface area (Å²) in [4.78, 5) is 17.2. The Morgan fingerprint density at radius 1 is 1.20 bits per heavy atom.